The molecule has 6 nitrogen and oxygen atoms in total. The smallest absolute Gasteiger partial charge is 0.240 e. The minimum atomic E-state index is -0.708. The number of rotatable bonds is 4. The lowest BCUT2D eigenvalue weighted by Crippen LogP contribution is -2.41. The minimum absolute atomic E-state index is 0.0907. The van der Waals surface area contributed by atoms with E-state index in [1.807, 2.05) is 30.3 Å². The van der Waals surface area contributed by atoms with E-state index in [-0.39, 0.29) is 11.5 Å². The highest BCUT2D eigenvalue weighted by molar-refractivity contribution is 8.00. The van der Waals surface area contributed by atoms with E-state index in [4.69, 9.17) is 0 Å². The number of amides is 1. The van der Waals surface area contributed by atoms with Gasteiger partial charge in [-0.15, -0.1) is 10.2 Å². The van der Waals surface area contributed by atoms with E-state index in [2.05, 4.69) is 20.9 Å². The summed E-state index contributed by atoms with van der Waals surface area (Å²) in [5.74, 6) is -0.715. The first kappa shape index (κ1) is 20.2. The normalized spacial score (nSPS) is 17.3. The zero-order valence-corrected chi connectivity index (χ0v) is 17.4. The van der Waals surface area contributed by atoms with Crippen LogP contribution >= 0.6 is 11.8 Å². The Kier molecular flexibility index (Phi) is 5.32. The molecule has 0 radical (unpaired) electrons. The predicted octanol–water partition coefficient (Wildman–Crippen LogP) is 4.62. The molecule has 0 spiro atoms. The van der Waals surface area contributed by atoms with Gasteiger partial charge >= 0.3 is 0 Å². The molecule has 0 saturated heterocycles. The molecule has 0 aliphatic carbocycles. The van der Waals surface area contributed by atoms with Crippen LogP contribution in [-0.2, 0) is 4.79 Å². The van der Waals surface area contributed by atoms with Crippen LogP contribution in [0.25, 0.3) is 11.4 Å². The summed E-state index contributed by atoms with van der Waals surface area (Å²) in [6, 6.07) is 20.9. The summed E-state index contributed by atoms with van der Waals surface area (Å²) in [7, 11) is 0. The molecule has 0 fully saturated rings. The Morgan fingerprint density at radius 1 is 0.938 bits per heavy atom. The number of thioether (sulfide) groups is 1. The molecule has 0 bridgehead atoms. The molecule has 1 aliphatic heterocycles. The fourth-order valence-electron chi connectivity index (χ4n) is 3.52. The van der Waals surface area contributed by atoms with Crippen LogP contribution in [0.3, 0.4) is 0 Å². The highest BCUT2D eigenvalue weighted by atomic mass is 32.2. The molecular formula is C23H17F2N5OS. The third-order valence-electron chi connectivity index (χ3n) is 5.09. The van der Waals surface area contributed by atoms with Gasteiger partial charge in [-0.05, 0) is 29.8 Å². The molecule has 32 heavy (non-hydrogen) atoms. The summed E-state index contributed by atoms with van der Waals surface area (Å²) in [5, 5.41) is 11.0. The number of para-hydroxylation sites is 1. The maximum Gasteiger partial charge on any atom is 0.240 e. The highest BCUT2D eigenvalue weighted by Gasteiger charge is 2.38. The summed E-state index contributed by atoms with van der Waals surface area (Å²) in [4.78, 5) is 13.2. The Bertz CT molecular complexity index is 1260. The number of carbonyl (C=O) groups excluding carboxylic acids is 1. The first-order chi connectivity index (χ1) is 15.6. The van der Waals surface area contributed by atoms with Crippen LogP contribution in [0.2, 0.25) is 0 Å². The lowest BCUT2D eigenvalue weighted by atomic mass is 10.0. The zero-order chi connectivity index (χ0) is 22.1. The highest BCUT2D eigenvalue weighted by Crippen LogP contribution is 2.39. The van der Waals surface area contributed by atoms with Crippen molar-refractivity contribution in [1.29, 1.82) is 0 Å². The van der Waals surface area contributed by atoms with Crippen LogP contribution < -0.4 is 10.7 Å². The predicted molar refractivity (Wildman–Crippen MR) is 119 cm³/mol. The number of fused-ring (bicyclic) bond motifs is 1. The van der Waals surface area contributed by atoms with Crippen molar-refractivity contribution in [3.05, 3.63) is 96.1 Å². The van der Waals surface area contributed by atoms with Gasteiger partial charge in [0.2, 0.25) is 11.1 Å². The van der Waals surface area contributed by atoms with Crippen molar-refractivity contribution in [2.75, 3.05) is 10.7 Å². The zero-order valence-electron chi connectivity index (χ0n) is 16.6. The van der Waals surface area contributed by atoms with Gasteiger partial charge in [0.1, 0.15) is 16.9 Å². The average molecular weight is 449 g/mol. The van der Waals surface area contributed by atoms with Crippen molar-refractivity contribution in [2.45, 2.75) is 16.4 Å². The second-order valence-electron chi connectivity index (χ2n) is 7.17. The lowest BCUT2D eigenvalue weighted by Gasteiger charge is -2.33. The van der Waals surface area contributed by atoms with Gasteiger partial charge < -0.3 is 10.7 Å². The van der Waals surface area contributed by atoms with E-state index in [0.29, 0.717) is 16.5 Å². The Balaban J connectivity index is 1.52. The lowest BCUT2D eigenvalue weighted by molar-refractivity contribution is -0.116. The standard InChI is InChI=1S/C23H17F2N5OS/c24-16-12-10-14(11-13-16)19-20(22(31)26-18-9-5-4-8-17(18)25)32-23-28-27-21(30(23)29-19)15-6-2-1-3-7-15/h1-13,19-20,29H,(H,26,31)/t19-,20+/m1/s1. The van der Waals surface area contributed by atoms with Gasteiger partial charge in [-0.1, -0.05) is 66.4 Å². The number of anilines is 1. The number of hydrogen-bond acceptors (Lipinski definition) is 5. The SMILES string of the molecule is O=C(Nc1ccccc1F)[C@H]1Sc2nnc(-c3ccccc3)n2N[C@@H]1c1ccc(F)cc1. The maximum atomic E-state index is 14.1. The Morgan fingerprint density at radius 2 is 1.66 bits per heavy atom. The van der Waals surface area contributed by atoms with E-state index in [9.17, 15) is 13.6 Å². The van der Waals surface area contributed by atoms with Gasteiger partial charge in [-0.25, -0.2) is 13.5 Å². The summed E-state index contributed by atoms with van der Waals surface area (Å²) < 4.78 is 29.4. The van der Waals surface area contributed by atoms with Gasteiger partial charge in [0, 0.05) is 5.56 Å². The van der Waals surface area contributed by atoms with E-state index >= 15 is 0 Å². The van der Waals surface area contributed by atoms with Crippen LogP contribution in [0.4, 0.5) is 14.5 Å². The maximum absolute atomic E-state index is 14.1. The number of carbonyl (C=O) groups is 1. The fourth-order valence-corrected chi connectivity index (χ4v) is 4.60. The van der Waals surface area contributed by atoms with Gasteiger partial charge in [0.25, 0.3) is 0 Å². The van der Waals surface area contributed by atoms with Crippen LogP contribution in [0.15, 0.2) is 84.0 Å². The molecule has 0 saturated carbocycles. The number of hydrogen-bond donors (Lipinski definition) is 2. The molecule has 2 atom stereocenters. The number of benzene rings is 3. The molecule has 3 aromatic carbocycles. The molecule has 1 aromatic heterocycles. The fraction of sp³-hybridized carbons (Fsp3) is 0.0870. The van der Waals surface area contributed by atoms with Crippen molar-refractivity contribution >= 4 is 23.4 Å². The number of nitrogens with one attached hydrogen (secondary N) is 2. The second kappa shape index (κ2) is 8.43. The van der Waals surface area contributed by atoms with Crippen molar-refractivity contribution in [1.82, 2.24) is 14.9 Å². The van der Waals surface area contributed by atoms with Crippen molar-refractivity contribution < 1.29 is 13.6 Å². The first-order valence-electron chi connectivity index (χ1n) is 9.85. The van der Waals surface area contributed by atoms with E-state index in [0.717, 1.165) is 5.56 Å². The monoisotopic (exact) mass is 449 g/mol. The van der Waals surface area contributed by atoms with Crippen molar-refractivity contribution in [3.63, 3.8) is 0 Å². The number of halogens is 2. The van der Waals surface area contributed by atoms with Crippen LogP contribution in [0, 0.1) is 11.6 Å². The van der Waals surface area contributed by atoms with Crippen molar-refractivity contribution in [3.8, 4) is 11.4 Å². The van der Waals surface area contributed by atoms with E-state index in [1.165, 1.54) is 36.0 Å². The molecule has 4 aromatic rings. The van der Waals surface area contributed by atoms with E-state index < -0.39 is 23.0 Å². The minimum Gasteiger partial charge on any atom is -0.323 e. The molecule has 1 amide bonds. The third-order valence-corrected chi connectivity index (χ3v) is 6.30. The number of nitrogens with zero attached hydrogens (tertiary/aromatic N) is 3. The van der Waals surface area contributed by atoms with Crippen LogP contribution in [0.5, 0.6) is 0 Å². The summed E-state index contributed by atoms with van der Waals surface area (Å²) in [6.45, 7) is 0. The van der Waals surface area contributed by atoms with Gasteiger partial charge in [-0.2, -0.15) is 0 Å². The van der Waals surface area contributed by atoms with Gasteiger partial charge in [0.05, 0.1) is 11.7 Å². The number of aromatic nitrogens is 3. The summed E-state index contributed by atoms with van der Waals surface area (Å²) >= 11 is 1.21. The summed E-state index contributed by atoms with van der Waals surface area (Å²) in [5.41, 5.74) is 4.95. The molecule has 2 N–H and O–H groups in total. The quantitative estimate of drug-likeness (QED) is 0.476. The molecular weight excluding hydrogens is 432 g/mol. The Hall–Kier alpha value is -3.72. The molecule has 1 aliphatic rings. The average Bonchev–Trinajstić information content (AvgIpc) is 3.24. The summed E-state index contributed by atoms with van der Waals surface area (Å²) in [6.07, 6.45) is 0. The first-order valence-corrected chi connectivity index (χ1v) is 10.7. The van der Waals surface area contributed by atoms with Crippen molar-refractivity contribution in [2.24, 2.45) is 0 Å². The molecule has 0 unspecified atom stereocenters. The molecule has 2 heterocycles. The molecule has 5 rings (SSSR count). The third kappa shape index (κ3) is 3.82. The molecule has 160 valence electrons. The Labute approximate surface area is 186 Å². The second-order valence-corrected chi connectivity index (χ2v) is 8.28. The Morgan fingerprint density at radius 3 is 2.41 bits per heavy atom. The van der Waals surface area contributed by atoms with Crippen LogP contribution in [-0.4, -0.2) is 26.0 Å². The van der Waals surface area contributed by atoms with Gasteiger partial charge in [0.15, 0.2) is 5.82 Å². The van der Waals surface area contributed by atoms with E-state index in [1.54, 1.807) is 28.9 Å². The topological polar surface area (TPSA) is 71.8 Å². The van der Waals surface area contributed by atoms with Gasteiger partial charge in [-0.3, -0.25) is 4.79 Å². The molecule has 9 heteroatoms. The largest absolute Gasteiger partial charge is 0.323 e. The van der Waals surface area contributed by atoms with Crippen LogP contribution in [0.1, 0.15) is 11.6 Å².